The highest BCUT2D eigenvalue weighted by molar-refractivity contribution is 5.91. The maximum atomic E-state index is 11.7. The highest BCUT2D eigenvalue weighted by atomic mass is 16.1. The molecule has 0 aliphatic carbocycles. The topological polar surface area (TPSA) is 64.9 Å². The fourth-order valence-electron chi connectivity index (χ4n) is 3.52. The first kappa shape index (κ1) is 15.5. The molecular formula is C19H21N3O. The van der Waals surface area contributed by atoms with Gasteiger partial charge in [-0.2, -0.15) is 5.26 Å². The van der Waals surface area contributed by atoms with Crippen molar-refractivity contribution in [3.05, 3.63) is 47.5 Å². The Morgan fingerprint density at radius 1 is 1.30 bits per heavy atom. The molecule has 1 aliphatic heterocycles. The van der Waals surface area contributed by atoms with Gasteiger partial charge in [0.2, 0.25) is 5.91 Å². The molecule has 2 N–H and O–H groups in total. The Morgan fingerprint density at radius 2 is 2.09 bits per heavy atom. The molecule has 0 aromatic heterocycles. The second-order valence-corrected chi connectivity index (χ2v) is 6.14. The van der Waals surface area contributed by atoms with Gasteiger partial charge in [0.15, 0.2) is 0 Å². The number of piperidine rings is 1. The molecule has 1 aliphatic rings. The van der Waals surface area contributed by atoms with Crippen LogP contribution in [-0.4, -0.2) is 19.0 Å². The Kier molecular flexibility index (Phi) is 4.59. The van der Waals surface area contributed by atoms with Gasteiger partial charge in [0, 0.05) is 13.5 Å². The van der Waals surface area contributed by atoms with E-state index in [1.807, 2.05) is 36.4 Å². The minimum absolute atomic E-state index is 0.0194. The van der Waals surface area contributed by atoms with Gasteiger partial charge in [-0.3, -0.25) is 4.79 Å². The predicted molar refractivity (Wildman–Crippen MR) is 90.8 cm³/mol. The Labute approximate surface area is 136 Å². The lowest BCUT2D eigenvalue weighted by Crippen LogP contribution is -2.40. The van der Waals surface area contributed by atoms with Crippen molar-refractivity contribution in [3.63, 3.8) is 0 Å². The van der Waals surface area contributed by atoms with Crippen molar-refractivity contribution >= 4 is 16.7 Å². The van der Waals surface area contributed by atoms with Crippen molar-refractivity contribution in [2.75, 3.05) is 13.1 Å². The van der Waals surface area contributed by atoms with Crippen molar-refractivity contribution in [3.8, 4) is 6.07 Å². The first-order valence-corrected chi connectivity index (χ1v) is 8.10. The zero-order chi connectivity index (χ0) is 16.2. The number of hydrogen-bond acceptors (Lipinski definition) is 3. The van der Waals surface area contributed by atoms with E-state index in [0.29, 0.717) is 11.5 Å². The standard InChI is InChI=1S/C19H21N3O/c1-13(23)22-19(15-5-4-10-21-12-15)18-9-8-14(11-20)16-6-2-3-7-17(16)18/h2-3,6-9,15,19,21H,4-5,10,12H2,1H3,(H,22,23). The normalized spacial score (nSPS) is 19.0. The van der Waals surface area contributed by atoms with E-state index in [1.165, 1.54) is 0 Å². The minimum atomic E-state index is -0.0297. The van der Waals surface area contributed by atoms with E-state index in [4.69, 9.17) is 0 Å². The van der Waals surface area contributed by atoms with Crippen LogP contribution < -0.4 is 10.6 Å². The number of amides is 1. The summed E-state index contributed by atoms with van der Waals surface area (Å²) in [6.45, 7) is 3.51. The second kappa shape index (κ2) is 6.80. The molecule has 4 nitrogen and oxygen atoms in total. The van der Waals surface area contributed by atoms with Crippen LogP contribution in [0.25, 0.3) is 10.8 Å². The van der Waals surface area contributed by atoms with Gasteiger partial charge in [-0.05, 0) is 47.7 Å². The number of nitriles is 1. The van der Waals surface area contributed by atoms with Gasteiger partial charge in [-0.1, -0.05) is 30.3 Å². The number of nitrogens with zero attached hydrogens (tertiary/aromatic N) is 1. The van der Waals surface area contributed by atoms with Gasteiger partial charge in [0.05, 0.1) is 17.7 Å². The van der Waals surface area contributed by atoms with Gasteiger partial charge in [-0.15, -0.1) is 0 Å². The molecule has 0 bridgehead atoms. The molecule has 0 spiro atoms. The molecule has 4 heteroatoms. The van der Waals surface area contributed by atoms with Gasteiger partial charge in [0.25, 0.3) is 0 Å². The van der Waals surface area contributed by atoms with Crippen molar-refractivity contribution in [1.29, 1.82) is 5.26 Å². The van der Waals surface area contributed by atoms with E-state index in [-0.39, 0.29) is 11.9 Å². The quantitative estimate of drug-likeness (QED) is 0.916. The molecule has 1 fully saturated rings. The zero-order valence-corrected chi connectivity index (χ0v) is 13.3. The van der Waals surface area contributed by atoms with Crippen LogP contribution in [0.15, 0.2) is 36.4 Å². The van der Waals surface area contributed by atoms with E-state index in [1.54, 1.807) is 6.92 Å². The lowest BCUT2D eigenvalue weighted by molar-refractivity contribution is -0.120. The number of carbonyl (C=O) groups excluding carboxylic acids is 1. The molecule has 3 rings (SSSR count). The van der Waals surface area contributed by atoms with Crippen LogP contribution in [0.5, 0.6) is 0 Å². The van der Waals surface area contributed by atoms with Crippen LogP contribution in [0.3, 0.4) is 0 Å². The molecule has 1 amide bonds. The van der Waals surface area contributed by atoms with E-state index < -0.39 is 0 Å². The van der Waals surface area contributed by atoms with E-state index in [0.717, 1.165) is 42.3 Å². The van der Waals surface area contributed by atoms with Gasteiger partial charge >= 0.3 is 0 Å². The Morgan fingerprint density at radius 3 is 2.74 bits per heavy atom. The minimum Gasteiger partial charge on any atom is -0.349 e. The number of carbonyl (C=O) groups is 1. The fraction of sp³-hybridized carbons (Fsp3) is 0.368. The summed E-state index contributed by atoms with van der Waals surface area (Å²) in [6.07, 6.45) is 2.21. The maximum absolute atomic E-state index is 11.7. The van der Waals surface area contributed by atoms with Gasteiger partial charge in [0.1, 0.15) is 0 Å². The third kappa shape index (κ3) is 3.20. The Balaban J connectivity index is 2.10. The molecular weight excluding hydrogens is 286 g/mol. The summed E-state index contributed by atoms with van der Waals surface area (Å²) in [6, 6.07) is 14.0. The molecule has 23 heavy (non-hydrogen) atoms. The molecule has 2 aromatic carbocycles. The molecule has 118 valence electrons. The monoisotopic (exact) mass is 307 g/mol. The Bertz CT molecular complexity index is 757. The molecule has 1 heterocycles. The van der Waals surface area contributed by atoms with E-state index in [9.17, 15) is 10.1 Å². The number of rotatable bonds is 3. The first-order chi connectivity index (χ1) is 11.2. The Hall–Kier alpha value is -2.38. The molecule has 1 saturated heterocycles. The second-order valence-electron chi connectivity index (χ2n) is 6.14. The summed E-state index contributed by atoms with van der Waals surface area (Å²) in [5.74, 6) is 0.345. The number of fused-ring (bicyclic) bond motifs is 1. The molecule has 2 aromatic rings. The largest absolute Gasteiger partial charge is 0.349 e. The van der Waals surface area contributed by atoms with E-state index in [2.05, 4.69) is 16.7 Å². The van der Waals surface area contributed by atoms with Crippen molar-refractivity contribution in [2.45, 2.75) is 25.8 Å². The van der Waals surface area contributed by atoms with Crippen molar-refractivity contribution < 1.29 is 4.79 Å². The lowest BCUT2D eigenvalue weighted by atomic mass is 9.84. The predicted octanol–water partition coefficient (Wildman–Crippen LogP) is 2.89. The summed E-state index contributed by atoms with van der Waals surface area (Å²) in [5.41, 5.74) is 1.77. The smallest absolute Gasteiger partial charge is 0.217 e. The summed E-state index contributed by atoms with van der Waals surface area (Å²) in [5, 5.41) is 17.9. The zero-order valence-electron chi connectivity index (χ0n) is 13.3. The summed E-state index contributed by atoms with van der Waals surface area (Å²) < 4.78 is 0. The van der Waals surface area contributed by atoms with Gasteiger partial charge in [-0.25, -0.2) is 0 Å². The van der Waals surface area contributed by atoms with Crippen LogP contribution in [0.4, 0.5) is 0 Å². The van der Waals surface area contributed by atoms with Crippen LogP contribution in [0, 0.1) is 17.2 Å². The fourth-order valence-corrected chi connectivity index (χ4v) is 3.52. The summed E-state index contributed by atoms with van der Waals surface area (Å²) >= 11 is 0. The van der Waals surface area contributed by atoms with Gasteiger partial charge < -0.3 is 10.6 Å². The lowest BCUT2D eigenvalue weighted by Gasteiger charge is -2.32. The average Bonchev–Trinajstić information content (AvgIpc) is 2.59. The molecule has 0 saturated carbocycles. The SMILES string of the molecule is CC(=O)NC(c1ccc(C#N)c2ccccc12)C1CCCNC1. The van der Waals surface area contributed by atoms with Crippen LogP contribution >= 0.6 is 0 Å². The third-order valence-electron chi connectivity index (χ3n) is 4.58. The van der Waals surface area contributed by atoms with Crippen LogP contribution in [0.2, 0.25) is 0 Å². The molecule has 2 atom stereocenters. The van der Waals surface area contributed by atoms with Crippen molar-refractivity contribution in [1.82, 2.24) is 10.6 Å². The summed E-state index contributed by atoms with van der Waals surface area (Å²) in [4.78, 5) is 11.7. The number of hydrogen-bond donors (Lipinski definition) is 2. The average molecular weight is 307 g/mol. The first-order valence-electron chi connectivity index (χ1n) is 8.10. The highest BCUT2D eigenvalue weighted by Gasteiger charge is 2.27. The molecule has 0 radical (unpaired) electrons. The van der Waals surface area contributed by atoms with Crippen LogP contribution in [-0.2, 0) is 4.79 Å². The summed E-state index contributed by atoms with van der Waals surface area (Å²) in [7, 11) is 0. The number of nitrogens with one attached hydrogen (secondary N) is 2. The maximum Gasteiger partial charge on any atom is 0.217 e. The van der Waals surface area contributed by atoms with Crippen LogP contribution in [0.1, 0.15) is 36.9 Å². The number of benzene rings is 2. The van der Waals surface area contributed by atoms with Crippen molar-refractivity contribution in [2.24, 2.45) is 5.92 Å². The van der Waals surface area contributed by atoms with E-state index >= 15 is 0 Å². The third-order valence-corrected chi connectivity index (χ3v) is 4.58. The highest BCUT2D eigenvalue weighted by Crippen LogP contribution is 2.33. The molecule has 2 unspecified atom stereocenters.